The van der Waals surface area contributed by atoms with Crippen LogP contribution in [0.15, 0.2) is 18.2 Å². The second-order valence-corrected chi connectivity index (χ2v) is 5.05. The first kappa shape index (κ1) is 14.1. The molecule has 2 N–H and O–H groups in total. The quantitative estimate of drug-likeness (QED) is 0.847. The zero-order chi connectivity index (χ0) is 14.0. The van der Waals surface area contributed by atoms with Gasteiger partial charge in [0.2, 0.25) is 0 Å². The van der Waals surface area contributed by atoms with Gasteiger partial charge in [0, 0.05) is 12.1 Å². The van der Waals surface area contributed by atoms with Gasteiger partial charge >= 0.3 is 0 Å². The summed E-state index contributed by atoms with van der Waals surface area (Å²) < 4.78 is 26.0. The Morgan fingerprint density at radius 3 is 2.79 bits per heavy atom. The number of nitrogens with two attached hydrogens (primary N) is 1. The summed E-state index contributed by atoms with van der Waals surface area (Å²) in [5, 5.41) is 0. The standard InChI is InChI=1S/C14H18F2N2O/c1-9(18-5-4-10(7-17)8-18)14(19)11-2-3-12(15)13(16)6-11/h2-3,6,9-10H,4-5,7-8,17H2,1H3. The third-order valence-corrected chi connectivity index (χ3v) is 3.78. The van der Waals surface area contributed by atoms with E-state index in [9.17, 15) is 13.6 Å². The normalized spacial score (nSPS) is 21.6. The van der Waals surface area contributed by atoms with E-state index in [-0.39, 0.29) is 17.4 Å². The summed E-state index contributed by atoms with van der Waals surface area (Å²) in [5.74, 6) is -1.69. The number of carbonyl (C=O) groups excluding carboxylic acids is 1. The van der Waals surface area contributed by atoms with Gasteiger partial charge in [-0.15, -0.1) is 0 Å². The van der Waals surface area contributed by atoms with Crippen molar-refractivity contribution in [1.29, 1.82) is 0 Å². The molecule has 0 aliphatic carbocycles. The number of nitrogens with zero attached hydrogens (tertiary/aromatic N) is 1. The SMILES string of the molecule is CC(C(=O)c1ccc(F)c(F)c1)N1CCC(CN)C1. The minimum absolute atomic E-state index is 0.184. The fraction of sp³-hybridized carbons (Fsp3) is 0.500. The van der Waals surface area contributed by atoms with Gasteiger partial charge in [-0.1, -0.05) is 0 Å². The third kappa shape index (κ3) is 2.98. The van der Waals surface area contributed by atoms with Crippen molar-refractivity contribution < 1.29 is 13.6 Å². The van der Waals surface area contributed by atoms with Crippen LogP contribution in [-0.2, 0) is 0 Å². The second kappa shape index (κ2) is 5.75. The van der Waals surface area contributed by atoms with E-state index in [0.717, 1.165) is 31.6 Å². The molecule has 1 aromatic rings. The predicted molar refractivity (Wildman–Crippen MR) is 68.9 cm³/mol. The third-order valence-electron chi connectivity index (χ3n) is 3.78. The van der Waals surface area contributed by atoms with E-state index in [0.29, 0.717) is 12.5 Å². The Morgan fingerprint density at radius 2 is 2.21 bits per heavy atom. The van der Waals surface area contributed by atoms with Crippen molar-refractivity contribution in [2.75, 3.05) is 19.6 Å². The van der Waals surface area contributed by atoms with Crippen LogP contribution in [0.3, 0.4) is 0 Å². The van der Waals surface area contributed by atoms with Crippen LogP contribution in [0.1, 0.15) is 23.7 Å². The number of ketones is 1. The highest BCUT2D eigenvalue weighted by atomic mass is 19.2. The van der Waals surface area contributed by atoms with Gasteiger partial charge in [0.1, 0.15) is 0 Å². The Balaban J connectivity index is 2.08. The van der Waals surface area contributed by atoms with Crippen molar-refractivity contribution in [3.05, 3.63) is 35.4 Å². The molecule has 1 aromatic carbocycles. The largest absolute Gasteiger partial charge is 0.330 e. The lowest BCUT2D eigenvalue weighted by Gasteiger charge is -2.23. The molecule has 2 rings (SSSR count). The van der Waals surface area contributed by atoms with Gasteiger partial charge in [-0.05, 0) is 50.6 Å². The average Bonchev–Trinajstić information content (AvgIpc) is 2.89. The van der Waals surface area contributed by atoms with Crippen LogP contribution in [0.25, 0.3) is 0 Å². The molecule has 0 aromatic heterocycles. The van der Waals surface area contributed by atoms with Crippen LogP contribution < -0.4 is 5.73 Å². The van der Waals surface area contributed by atoms with Gasteiger partial charge in [0.15, 0.2) is 17.4 Å². The van der Waals surface area contributed by atoms with Crippen LogP contribution in [0, 0.1) is 17.6 Å². The zero-order valence-electron chi connectivity index (χ0n) is 10.9. The highest BCUT2D eigenvalue weighted by molar-refractivity contribution is 5.99. The van der Waals surface area contributed by atoms with Gasteiger partial charge in [0.25, 0.3) is 0 Å². The van der Waals surface area contributed by atoms with Gasteiger partial charge < -0.3 is 5.73 Å². The molecule has 2 unspecified atom stereocenters. The summed E-state index contributed by atoms with van der Waals surface area (Å²) in [6, 6.07) is 2.95. The predicted octanol–water partition coefficient (Wildman–Crippen LogP) is 1.82. The molecule has 0 amide bonds. The van der Waals surface area contributed by atoms with Crippen molar-refractivity contribution in [1.82, 2.24) is 4.90 Å². The zero-order valence-corrected chi connectivity index (χ0v) is 10.9. The highest BCUT2D eigenvalue weighted by Gasteiger charge is 2.29. The number of benzene rings is 1. The number of carbonyl (C=O) groups is 1. The minimum Gasteiger partial charge on any atom is -0.330 e. The molecular formula is C14H18F2N2O. The minimum atomic E-state index is -0.987. The van der Waals surface area contributed by atoms with Gasteiger partial charge in [-0.3, -0.25) is 9.69 Å². The maximum absolute atomic E-state index is 13.1. The lowest BCUT2D eigenvalue weighted by molar-refractivity contribution is 0.0862. The van der Waals surface area contributed by atoms with E-state index in [4.69, 9.17) is 5.73 Å². The number of rotatable bonds is 4. The van der Waals surface area contributed by atoms with Crippen LogP contribution >= 0.6 is 0 Å². The molecule has 0 bridgehead atoms. The first-order valence-corrected chi connectivity index (χ1v) is 6.46. The molecule has 3 nitrogen and oxygen atoms in total. The Labute approximate surface area is 111 Å². The van der Waals surface area contributed by atoms with Crippen LogP contribution in [0.5, 0.6) is 0 Å². The number of likely N-dealkylation sites (tertiary alicyclic amines) is 1. The Bertz CT molecular complexity index is 479. The number of hydrogen-bond donors (Lipinski definition) is 1. The monoisotopic (exact) mass is 268 g/mol. The van der Waals surface area contributed by atoms with Crippen molar-refractivity contribution >= 4 is 5.78 Å². The first-order chi connectivity index (χ1) is 9.02. The second-order valence-electron chi connectivity index (χ2n) is 5.05. The Hall–Kier alpha value is -1.33. The van der Waals surface area contributed by atoms with Gasteiger partial charge in [0.05, 0.1) is 6.04 Å². The average molecular weight is 268 g/mol. The molecule has 19 heavy (non-hydrogen) atoms. The van der Waals surface area contributed by atoms with Crippen molar-refractivity contribution in [3.8, 4) is 0 Å². The van der Waals surface area contributed by atoms with E-state index in [1.807, 2.05) is 4.90 Å². The summed E-state index contributed by atoms with van der Waals surface area (Å²) in [6.45, 7) is 4.01. The lowest BCUT2D eigenvalue weighted by atomic mass is 10.0. The topological polar surface area (TPSA) is 46.3 Å². The van der Waals surface area contributed by atoms with Crippen LogP contribution in [0.4, 0.5) is 8.78 Å². The molecule has 5 heteroatoms. The number of hydrogen-bond acceptors (Lipinski definition) is 3. The summed E-state index contributed by atoms with van der Waals surface area (Å²) in [6.07, 6.45) is 0.978. The molecule has 0 radical (unpaired) electrons. The smallest absolute Gasteiger partial charge is 0.179 e. The summed E-state index contributed by atoms with van der Waals surface area (Å²) in [7, 11) is 0. The lowest BCUT2D eigenvalue weighted by Crippen LogP contribution is -2.38. The molecule has 2 atom stereocenters. The summed E-state index contributed by atoms with van der Waals surface area (Å²) in [4.78, 5) is 14.3. The fourth-order valence-corrected chi connectivity index (χ4v) is 2.46. The molecule has 104 valence electrons. The van der Waals surface area contributed by atoms with Crippen LogP contribution in [0.2, 0.25) is 0 Å². The molecule has 1 heterocycles. The molecule has 1 fully saturated rings. The van der Waals surface area contributed by atoms with Gasteiger partial charge in [-0.2, -0.15) is 0 Å². The molecular weight excluding hydrogens is 250 g/mol. The molecule has 1 aliphatic rings. The maximum Gasteiger partial charge on any atom is 0.179 e. The summed E-state index contributed by atoms with van der Waals surface area (Å²) in [5.41, 5.74) is 5.83. The van der Waals surface area contributed by atoms with Gasteiger partial charge in [-0.25, -0.2) is 8.78 Å². The van der Waals surface area contributed by atoms with Crippen molar-refractivity contribution in [2.24, 2.45) is 11.7 Å². The summed E-state index contributed by atoms with van der Waals surface area (Å²) >= 11 is 0. The molecule has 1 saturated heterocycles. The van der Waals surface area contributed by atoms with Crippen molar-refractivity contribution in [3.63, 3.8) is 0 Å². The van der Waals surface area contributed by atoms with Crippen LogP contribution in [-0.4, -0.2) is 36.4 Å². The fourth-order valence-electron chi connectivity index (χ4n) is 2.46. The van der Waals surface area contributed by atoms with E-state index in [2.05, 4.69) is 0 Å². The maximum atomic E-state index is 13.1. The number of Topliss-reactive ketones (excluding diaryl/α,β-unsaturated/α-hetero) is 1. The molecule has 0 saturated carbocycles. The number of halogens is 2. The van der Waals surface area contributed by atoms with E-state index < -0.39 is 11.6 Å². The molecule has 1 aliphatic heterocycles. The Kier molecular flexibility index (Phi) is 4.27. The van der Waals surface area contributed by atoms with E-state index in [1.54, 1.807) is 6.92 Å². The first-order valence-electron chi connectivity index (χ1n) is 6.46. The van der Waals surface area contributed by atoms with E-state index >= 15 is 0 Å². The molecule has 0 spiro atoms. The Morgan fingerprint density at radius 1 is 1.47 bits per heavy atom. The van der Waals surface area contributed by atoms with E-state index in [1.165, 1.54) is 6.07 Å². The van der Waals surface area contributed by atoms with Crippen molar-refractivity contribution in [2.45, 2.75) is 19.4 Å². The highest BCUT2D eigenvalue weighted by Crippen LogP contribution is 2.20.